The Morgan fingerprint density at radius 2 is 2.22 bits per heavy atom. The molecule has 0 saturated carbocycles. The Bertz CT molecular complexity index is 1120. The van der Waals surface area contributed by atoms with Crippen LogP contribution >= 0.6 is 22.1 Å². The first-order valence-electron chi connectivity index (χ1n) is 7.92. The van der Waals surface area contributed by atoms with Crippen molar-refractivity contribution in [3.63, 3.8) is 0 Å². The molecular weight excluding hydrogens is 410 g/mol. The smallest absolute Gasteiger partial charge is 0.278 e. The normalized spacial score (nSPS) is 11.7. The van der Waals surface area contributed by atoms with Gasteiger partial charge in [0.2, 0.25) is 0 Å². The average Bonchev–Trinajstić information content (AvgIpc) is 3.24. The van der Waals surface area contributed by atoms with Gasteiger partial charge in [0.25, 0.3) is 11.5 Å². The molecule has 0 aliphatic carbocycles. The molecule has 0 unspecified atom stereocenters. The highest BCUT2D eigenvalue weighted by molar-refractivity contribution is 8.71. The molecule has 27 heavy (non-hydrogen) atoms. The van der Waals surface area contributed by atoms with E-state index in [1.54, 1.807) is 22.3 Å². The molecule has 0 saturated heterocycles. The summed E-state index contributed by atoms with van der Waals surface area (Å²) in [5.74, 6) is 0.0194. The van der Waals surface area contributed by atoms with Crippen molar-refractivity contribution in [3.8, 4) is 0 Å². The average molecular weight is 428 g/mol. The van der Waals surface area contributed by atoms with E-state index in [-0.39, 0.29) is 22.7 Å². The summed E-state index contributed by atoms with van der Waals surface area (Å²) in [6.07, 6.45) is 4.65. The van der Waals surface area contributed by atoms with E-state index in [1.807, 2.05) is 0 Å². The number of fused-ring (bicyclic) bond motifs is 1. The summed E-state index contributed by atoms with van der Waals surface area (Å²) < 4.78 is 24.3. The Labute approximate surface area is 162 Å². The molecule has 3 aromatic rings. The van der Waals surface area contributed by atoms with Gasteiger partial charge in [-0.05, 0) is 28.7 Å². The number of aromatic amines is 1. The molecule has 1 amide bonds. The largest absolute Gasteiger partial charge is 0.352 e. The van der Waals surface area contributed by atoms with Crippen LogP contribution in [0.15, 0.2) is 28.9 Å². The fourth-order valence-corrected chi connectivity index (χ4v) is 5.22. The van der Waals surface area contributed by atoms with E-state index in [0.29, 0.717) is 30.7 Å². The summed E-state index contributed by atoms with van der Waals surface area (Å²) in [5, 5.41) is 4.60. The molecule has 0 atom stereocenters. The van der Waals surface area contributed by atoms with E-state index in [0.717, 1.165) is 21.9 Å². The number of carbonyl (C=O) groups is 1. The van der Waals surface area contributed by atoms with Crippen LogP contribution < -0.4 is 10.9 Å². The molecule has 144 valence electrons. The lowest BCUT2D eigenvalue weighted by atomic mass is 10.2. The maximum atomic E-state index is 12.3. The van der Waals surface area contributed by atoms with Gasteiger partial charge in [0.1, 0.15) is 0 Å². The highest BCUT2D eigenvalue weighted by Gasteiger charge is 2.15. The number of imidazole rings is 1. The Hall–Kier alpha value is -2.18. The molecule has 12 heteroatoms. The van der Waals surface area contributed by atoms with Crippen LogP contribution in [-0.2, 0) is 21.2 Å². The molecule has 0 spiro atoms. The van der Waals surface area contributed by atoms with Crippen molar-refractivity contribution in [1.82, 2.24) is 24.8 Å². The molecule has 3 heterocycles. The summed E-state index contributed by atoms with van der Waals surface area (Å²) >= 11 is 1.36. The van der Waals surface area contributed by atoms with Gasteiger partial charge in [-0.3, -0.25) is 9.59 Å². The summed E-state index contributed by atoms with van der Waals surface area (Å²) in [6.45, 7) is 0.976. The summed E-state index contributed by atoms with van der Waals surface area (Å²) in [5.41, 5.74) is 0.997. The van der Waals surface area contributed by atoms with Crippen LogP contribution in [-0.4, -0.2) is 46.6 Å². The summed E-state index contributed by atoms with van der Waals surface area (Å²) in [7, 11) is -2.35. The standard InChI is InChI=1S/C15H17N5O4S3/c1-27(23,24)26-7-11-10(3-6-25-11)14(21)16-4-2-5-20-9-19-12-13(20)17-8-18-15(12)22/h3,6,8-9H,2,4-5,7H2,1H3,(H,16,21)(H,17,18,22). The zero-order valence-electron chi connectivity index (χ0n) is 14.3. The van der Waals surface area contributed by atoms with Crippen molar-refractivity contribution in [3.05, 3.63) is 44.9 Å². The van der Waals surface area contributed by atoms with Gasteiger partial charge in [-0.2, -0.15) is 0 Å². The van der Waals surface area contributed by atoms with Crippen molar-refractivity contribution in [2.75, 3.05) is 12.8 Å². The Kier molecular flexibility index (Phi) is 5.97. The third kappa shape index (κ3) is 4.96. The molecule has 0 fully saturated rings. The number of rotatable bonds is 8. The van der Waals surface area contributed by atoms with E-state index in [9.17, 15) is 18.0 Å². The number of carbonyl (C=O) groups excluding carboxylic acids is 1. The van der Waals surface area contributed by atoms with Gasteiger partial charge in [0.15, 0.2) is 20.0 Å². The van der Waals surface area contributed by atoms with Crippen LogP contribution in [0, 0.1) is 0 Å². The third-order valence-corrected chi connectivity index (χ3v) is 7.24. The van der Waals surface area contributed by atoms with Gasteiger partial charge in [-0.25, -0.2) is 18.4 Å². The second kappa shape index (κ2) is 8.23. The Morgan fingerprint density at radius 1 is 1.41 bits per heavy atom. The minimum Gasteiger partial charge on any atom is -0.352 e. The van der Waals surface area contributed by atoms with Crippen molar-refractivity contribution in [2.24, 2.45) is 0 Å². The van der Waals surface area contributed by atoms with Gasteiger partial charge >= 0.3 is 0 Å². The zero-order valence-corrected chi connectivity index (χ0v) is 16.8. The highest BCUT2D eigenvalue weighted by atomic mass is 33.1. The van der Waals surface area contributed by atoms with Crippen molar-refractivity contribution >= 4 is 48.1 Å². The van der Waals surface area contributed by atoms with Crippen LogP contribution in [0.25, 0.3) is 11.2 Å². The lowest BCUT2D eigenvalue weighted by molar-refractivity contribution is 0.0952. The van der Waals surface area contributed by atoms with Crippen LogP contribution in [0.3, 0.4) is 0 Å². The lowest BCUT2D eigenvalue weighted by Crippen LogP contribution is -2.25. The third-order valence-electron chi connectivity index (χ3n) is 3.66. The maximum absolute atomic E-state index is 12.3. The number of nitrogens with one attached hydrogen (secondary N) is 2. The predicted octanol–water partition coefficient (Wildman–Crippen LogP) is 1.19. The number of thiophene rings is 1. The topological polar surface area (TPSA) is 127 Å². The van der Waals surface area contributed by atoms with E-state index < -0.39 is 8.87 Å². The van der Waals surface area contributed by atoms with Crippen molar-refractivity contribution in [1.29, 1.82) is 0 Å². The number of H-pyrrole nitrogens is 1. The molecule has 9 nitrogen and oxygen atoms in total. The first kappa shape index (κ1) is 19.6. The minimum absolute atomic E-state index is 0.231. The van der Waals surface area contributed by atoms with Crippen LogP contribution in [0.5, 0.6) is 0 Å². The van der Waals surface area contributed by atoms with Gasteiger partial charge in [-0.1, -0.05) is 0 Å². The molecule has 0 radical (unpaired) electrons. The van der Waals surface area contributed by atoms with Crippen molar-refractivity contribution in [2.45, 2.75) is 18.7 Å². The monoisotopic (exact) mass is 427 g/mol. The highest BCUT2D eigenvalue weighted by Crippen LogP contribution is 2.25. The number of hydrogen-bond donors (Lipinski definition) is 2. The molecule has 3 aromatic heterocycles. The Morgan fingerprint density at radius 3 is 3.00 bits per heavy atom. The predicted molar refractivity (Wildman–Crippen MR) is 106 cm³/mol. The van der Waals surface area contributed by atoms with Gasteiger partial charge in [0, 0.05) is 30.0 Å². The maximum Gasteiger partial charge on any atom is 0.278 e. The first-order valence-corrected chi connectivity index (χ1v) is 12.2. The van der Waals surface area contributed by atoms with Gasteiger partial charge < -0.3 is 14.9 Å². The van der Waals surface area contributed by atoms with E-state index in [2.05, 4.69) is 20.3 Å². The van der Waals surface area contributed by atoms with E-state index in [1.165, 1.54) is 17.7 Å². The number of aromatic nitrogens is 4. The molecular formula is C15H17N5O4S3. The molecule has 0 aromatic carbocycles. The van der Waals surface area contributed by atoms with E-state index in [4.69, 9.17) is 0 Å². The molecule has 3 rings (SSSR count). The van der Waals surface area contributed by atoms with Gasteiger partial charge in [-0.15, -0.1) is 11.3 Å². The molecule has 2 N–H and O–H groups in total. The first-order chi connectivity index (χ1) is 12.8. The molecule has 0 aliphatic heterocycles. The van der Waals surface area contributed by atoms with Gasteiger partial charge in [0.05, 0.1) is 18.2 Å². The molecule has 0 bridgehead atoms. The summed E-state index contributed by atoms with van der Waals surface area (Å²) in [6, 6.07) is 1.69. The van der Waals surface area contributed by atoms with Crippen LogP contribution in [0.2, 0.25) is 0 Å². The number of amides is 1. The van der Waals surface area contributed by atoms with Crippen molar-refractivity contribution < 1.29 is 13.2 Å². The number of nitrogens with zero attached hydrogens (tertiary/aromatic N) is 3. The fraction of sp³-hybridized carbons (Fsp3) is 0.333. The quantitative estimate of drug-likeness (QED) is 0.408. The molecule has 0 aliphatic rings. The fourth-order valence-electron chi connectivity index (χ4n) is 2.42. The summed E-state index contributed by atoms with van der Waals surface area (Å²) in [4.78, 5) is 35.3. The lowest BCUT2D eigenvalue weighted by Gasteiger charge is -2.07. The Balaban J connectivity index is 1.53. The zero-order chi connectivity index (χ0) is 19.4. The number of hydrogen-bond acceptors (Lipinski definition) is 8. The second-order valence-corrected chi connectivity index (χ2v) is 11.1. The SMILES string of the molecule is CS(=O)(=O)SCc1sccc1C(=O)NCCCn1cnc2c(=O)[nH]cnc21. The minimum atomic E-state index is -3.16. The van der Waals surface area contributed by atoms with E-state index >= 15 is 0 Å². The van der Waals surface area contributed by atoms with Crippen LogP contribution in [0.4, 0.5) is 0 Å². The second-order valence-electron chi connectivity index (χ2n) is 5.68. The number of aryl methyl sites for hydroxylation is 1. The van der Waals surface area contributed by atoms with Crippen LogP contribution in [0.1, 0.15) is 21.7 Å².